The first-order valence-electron chi connectivity index (χ1n) is 7.83. The average molecular weight is 402 g/mol. The van der Waals surface area contributed by atoms with Gasteiger partial charge in [0.25, 0.3) is 0 Å². The molecule has 0 aliphatic heterocycles. The maximum Gasteiger partial charge on any atom is 0.191 e. The lowest BCUT2D eigenvalue weighted by molar-refractivity contribution is 0.410. The first-order chi connectivity index (χ1) is 9.88. The molecule has 0 aromatic carbocycles. The normalized spacial score (nSPS) is 16.1. The van der Waals surface area contributed by atoms with Crippen molar-refractivity contribution in [3.8, 4) is 0 Å². The van der Waals surface area contributed by atoms with Crippen molar-refractivity contribution in [2.75, 3.05) is 13.1 Å². The number of nitrogens with one attached hydrogen (secondary N) is 2. The molecule has 0 spiro atoms. The van der Waals surface area contributed by atoms with E-state index in [-0.39, 0.29) is 24.0 Å². The zero-order chi connectivity index (χ0) is 14.0. The summed E-state index contributed by atoms with van der Waals surface area (Å²) in [6.07, 6.45) is 9.32. The average Bonchev–Trinajstić information content (AvgIpc) is 2.49. The number of aliphatic imine (C=N–C) groups is 1. The van der Waals surface area contributed by atoms with Crippen LogP contribution >= 0.6 is 24.0 Å². The van der Waals surface area contributed by atoms with Crippen LogP contribution in [0.25, 0.3) is 0 Å². The molecule has 0 saturated heterocycles. The first-order valence-corrected chi connectivity index (χ1v) is 7.83. The van der Waals surface area contributed by atoms with Crippen LogP contribution in [0.5, 0.6) is 0 Å². The van der Waals surface area contributed by atoms with E-state index in [0.29, 0.717) is 6.04 Å². The molecular formula is C16H27IN4. The second-order valence-electron chi connectivity index (χ2n) is 5.31. The zero-order valence-corrected chi connectivity index (χ0v) is 15.2. The summed E-state index contributed by atoms with van der Waals surface area (Å²) in [5, 5.41) is 6.90. The second-order valence-corrected chi connectivity index (χ2v) is 5.31. The monoisotopic (exact) mass is 402 g/mol. The minimum absolute atomic E-state index is 0. The van der Waals surface area contributed by atoms with Crippen LogP contribution in [0.2, 0.25) is 0 Å². The summed E-state index contributed by atoms with van der Waals surface area (Å²) in [4.78, 5) is 8.98. The highest BCUT2D eigenvalue weighted by molar-refractivity contribution is 14.0. The van der Waals surface area contributed by atoms with Gasteiger partial charge in [0, 0.05) is 37.4 Å². The fraction of sp³-hybridized carbons (Fsp3) is 0.625. The molecule has 0 amide bonds. The van der Waals surface area contributed by atoms with Crippen molar-refractivity contribution in [2.24, 2.45) is 4.99 Å². The molecule has 0 bridgehead atoms. The maximum atomic E-state index is 4.66. The van der Waals surface area contributed by atoms with Crippen LogP contribution in [0.4, 0.5) is 0 Å². The third-order valence-corrected chi connectivity index (χ3v) is 3.65. The number of aromatic nitrogens is 1. The SMILES string of the molecule is CCNC(=NCCc1ccccn1)NC1CCCCC1.I. The van der Waals surface area contributed by atoms with Crippen molar-refractivity contribution in [1.29, 1.82) is 0 Å². The molecule has 1 fully saturated rings. The molecular weight excluding hydrogens is 375 g/mol. The van der Waals surface area contributed by atoms with Gasteiger partial charge >= 0.3 is 0 Å². The molecule has 2 rings (SSSR count). The van der Waals surface area contributed by atoms with Crippen LogP contribution in [0.15, 0.2) is 29.4 Å². The van der Waals surface area contributed by atoms with Gasteiger partial charge in [-0.2, -0.15) is 0 Å². The highest BCUT2D eigenvalue weighted by atomic mass is 127. The summed E-state index contributed by atoms with van der Waals surface area (Å²) < 4.78 is 0. The second kappa shape index (κ2) is 10.8. The lowest BCUT2D eigenvalue weighted by Gasteiger charge is -2.24. The lowest BCUT2D eigenvalue weighted by Crippen LogP contribution is -2.44. The van der Waals surface area contributed by atoms with E-state index in [1.807, 2.05) is 18.3 Å². The number of hydrogen-bond acceptors (Lipinski definition) is 2. The van der Waals surface area contributed by atoms with Gasteiger partial charge < -0.3 is 10.6 Å². The molecule has 1 saturated carbocycles. The fourth-order valence-electron chi connectivity index (χ4n) is 2.59. The smallest absolute Gasteiger partial charge is 0.191 e. The van der Waals surface area contributed by atoms with Crippen molar-refractivity contribution < 1.29 is 0 Å². The Hall–Kier alpha value is -0.850. The molecule has 2 N–H and O–H groups in total. The molecule has 1 heterocycles. The molecule has 0 radical (unpaired) electrons. The van der Waals surface area contributed by atoms with Crippen molar-refractivity contribution in [1.82, 2.24) is 15.6 Å². The highest BCUT2D eigenvalue weighted by Gasteiger charge is 2.14. The Bertz CT molecular complexity index is 402. The van der Waals surface area contributed by atoms with Gasteiger partial charge in [-0.05, 0) is 31.9 Å². The van der Waals surface area contributed by atoms with E-state index in [0.717, 1.165) is 31.2 Å². The topological polar surface area (TPSA) is 49.3 Å². The largest absolute Gasteiger partial charge is 0.357 e. The van der Waals surface area contributed by atoms with E-state index in [9.17, 15) is 0 Å². The van der Waals surface area contributed by atoms with E-state index in [1.54, 1.807) is 0 Å². The Kier molecular flexibility index (Phi) is 9.37. The molecule has 1 aromatic rings. The first kappa shape index (κ1) is 18.2. The fourth-order valence-corrected chi connectivity index (χ4v) is 2.59. The summed E-state index contributed by atoms with van der Waals surface area (Å²) >= 11 is 0. The van der Waals surface area contributed by atoms with Crippen LogP contribution in [-0.2, 0) is 6.42 Å². The Morgan fingerprint density at radius 2 is 2.10 bits per heavy atom. The van der Waals surface area contributed by atoms with E-state index < -0.39 is 0 Å². The Labute approximate surface area is 145 Å². The van der Waals surface area contributed by atoms with Crippen LogP contribution in [0.1, 0.15) is 44.7 Å². The summed E-state index contributed by atoms with van der Waals surface area (Å²) in [5.74, 6) is 0.954. The van der Waals surface area contributed by atoms with Gasteiger partial charge in [0.2, 0.25) is 0 Å². The standard InChI is InChI=1S/C16H26N4.HI/c1-2-17-16(20-15-9-4-3-5-10-15)19-13-11-14-8-6-7-12-18-14;/h6-8,12,15H,2-5,9-11,13H2,1H3,(H2,17,19,20);1H. The van der Waals surface area contributed by atoms with Crippen LogP contribution in [-0.4, -0.2) is 30.1 Å². The van der Waals surface area contributed by atoms with Crippen molar-refractivity contribution in [3.63, 3.8) is 0 Å². The number of guanidine groups is 1. The van der Waals surface area contributed by atoms with Crippen molar-refractivity contribution in [2.45, 2.75) is 51.5 Å². The number of halogens is 1. The third-order valence-electron chi connectivity index (χ3n) is 3.65. The summed E-state index contributed by atoms with van der Waals surface area (Å²) in [6.45, 7) is 3.79. The minimum atomic E-state index is 0. The van der Waals surface area contributed by atoms with E-state index in [2.05, 4.69) is 33.6 Å². The van der Waals surface area contributed by atoms with Crippen LogP contribution in [0.3, 0.4) is 0 Å². The molecule has 5 heteroatoms. The molecule has 1 aliphatic carbocycles. The number of nitrogens with zero attached hydrogens (tertiary/aromatic N) is 2. The Balaban J connectivity index is 0.00000220. The molecule has 0 atom stereocenters. The molecule has 1 aliphatic rings. The third kappa shape index (κ3) is 7.11. The van der Waals surface area contributed by atoms with E-state index in [4.69, 9.17) is 0 Å². The lowest BCUT2D eigenvalue weighted by atomic mass is 9.96. The number of rotatable bonds is 5. The predicted molar refractivity (Wildman–Crippen MR) is 99.3 cm³/mol. The van der Waals surface area contributed by atoms with Gasteiger partial charge in [-0.1, -0.05) is 25.3 Å². The Morgan fingerprint density at radius 1 is 1.29 bits per heavy atom. The molecule has 21 heavy (non-hydrogen) atoms. The highest BCUT2D eigenvalue weighted by Crippen LogP contribution is 2.17. The van der Waals surface area contributed by atoms with Gasteiger partial charge in [0.1, 0.15) is 0 Å². The van der Waals surface area contributed by atoms with Gasteiger partial charge in [0.15, 0.2) is 5.96 Å². The van der Waals surface area contributed by atoms with Gasteiger partial charge in [0.05, 0.1) is 0 Å². The maximum absolute atomic E-state index is 4.66. The molecule has 1 aromatic heterocycles. The van der Waals surface area contributed by atoms with Crippen molar-refractivity contribution in [3.05, 3.63) is 30.1 Å². The minimum Gasteiger partial charge on any atom is -0.357 e. The number of hydrogen-bond donors (Lipinski definition) is 2. The summed E-state index contributed by atoms with van der Waals surface area (Å²) in [7, 11) is 0. The summed E-state index contributed by atoms with van der Waals surface area (Å²) in [5.41, 5.74) is 1.10. The molecule has 0 unspecified atom stereocenters. The zero-order valence-electron chi connectivity index (χ0n) is 12.8. The van der Waals surface area contributed by atoms with Gasteiger partial charge in [-0.15, -0.1) is 24.0 Å². The molecule has 4 nitrogen and oxygen atoms in total. The molecule has 118 valence electrons. The van der Waals surface area contributed by atoms with Crippen LogP contribution in [0, 0.1) is 0 Å². The quantitative estimate of drug-likeness (QED) is 0.452. The summed E-state index contributed by atoms with van der Waals surface area (Å²) in [6, 6.07) is 6.62. The predicted octanol–water partition coefficient (Wildman–Crippen LogP) is 3.13. The number of pyridine rings is 1. The Morgan fingerprint density at radius 3 is 2.76 bits per heavy atom. The van der Waals surface area contributed by atoms with E-state index >= 15 is 0 Å². The van der Waals surface area contributed by atoms with Gasteiger partial charge in [-0.3, -0.25) is 9.98 Å². The van der Waals surface area contributed by atoms with Crippen LogP contribution < -0.4 is 10.6 Å². The van der Waals surface area contributed by atoms with E-state index in [1.165, 1.54) is 32.1 Å². The van der Waals surface area contributed by atoms with Crippen molar-refractivity contribution >= 4 is 29.9 Å². The van der Waals surface area contributed by atoms with Gasteiger partial charge in [-0.25, -0.2) is 0 Å².